The summed E-state index contributed by atoms with van der Waals surface area (Å²) in [6.07, 6.45) is 9.94. The van der Waals surface area contributed by atoms with E-state index in [1.807, 2.05) is 63.2 Å². The van der Waals surface area contributed by atoms with Gasteiger partial charge in [0.05, 0.1) is 38.7 Å². The number of allylic oxidation sites excluding steroid dienone is 6. The van der Waals surface area contributed by atoms with Crippen LogP contribution in [0.2, 0.25) is 0 Å². The summed E-state index contributed by atoms with van der Waals surface area (Å²) in [4.78, 5) is 42.0. The molecule has 0 bridgehead atoms. The van der Waals surface area contributed by atoms with E-state index in [0.717, 1.165) is 91.2 Å². The summed E-state index contributed by atoms with van der Waals surface area (Å²) >= 11 is 0. The number of aliphatic hydroxyl groups is 2. The molecule has 9 nitrogen and oxygen atoms in total. The lowest BCUT2D eigenvalue weighted by molar-refractivity contribution is -0.438. The molecule has 60 heavy (non-hydrogen) atoms. The molecule has 0 spiro atoms. The van der Waals surface area contributed by atoms with E-state index in [-0.39, 0.29) is 39.8 Å². The number of hydrogen-bond acceptors (Lipinski definition) is 6. The molecule has 312 valence electrons. The van der Waals surface area contributed by atoms with Gasteiger partial charge < -0.3 is 20.2 Å². The Morgan fingerprint density at radius 2 is 1.13 bits per heavy atom. The number of hydrogen-bond donors (Lipinski definition) is 3. The number of aromatic carboxylic acids is 1. The summed E-state index contributed by atoms with van der Waals surface area (Å²) in [5.74, 6) is -1.52. The zero-order valence-corrected chi connectivity index (χ0v) is 36.4. The molecule has 0 atom stereocenters. The van der Waals surface area contributed by atoms with Crippen molar-refractivity contribution >= 4 is 57.2 Å². The van der Waals surface area contributed by atoms with Gasteiger partial charge in [-0.25, -0.2) is 4.79 Å². The van der Waals surface area contributed by atoms with Crippen molar-refractivity contribution < 1.29 is 38.9 Å². The van der Waals surface area contributed by atoms with Crippen LogP contribution in [0.15, 0.2) is 95.5 Å². The van der Waals surface area contributed by atoms with E-state index >= 15 is 0 Å². The lowest BCUT2D eigenvalue weighted by Gasteiger charge is -2.26. The molecule has 2 aliphatic heterocycles. The molecule has 3 aromatic rings. The first-order chi connectivity index (χ1) is 28.6. The normalized spacial score (nSPS) is 19.1. The molecule has 7 rings (SSSR count). The minimum Gasteiger partial charge on any atom is -0.506 e. The van der Waals surface area contributed by atoms with Crippen LogP contribution in [-0.4, -0.2) is 79.6 Å². The van der Waals surface area contributed by atoms with Crippen molar-refractivity contribution in [3.05, 3.63) is 123 Å². The molecule has 3 aromatic carbocycles. The predicted octanol–water partition coefficient (Wildman–Crippen LogP) is 10.3. The second-order valence-electron chi connectivity index (χ2n) is 17.5. The number of fused-ring (bicyclic) bond motifs is 2. The van der Waals surface area contributed by atoms with E-state index in [9.17, 15) is 29.7 Å². The van der Waals surface area contributed by atoms with E-state index < -0.39 is 16.8 Å². The van der Waals surface area contributed by atoms with E-state index in [0.29, 0.717) is 35.4 Å². The largest absolute Gasteiger partial charge is 0.506 e. The van der Waals surface area contributed by atoms with Crippen molar-refractivity contribution in [2.24, 2.45) is 0 Å². The third-order valence-corrected chi connectivity index (χ3v) is 12.9. The van der Waals surface area contributed by atoms with Gasteiger partial charge in [-0.05, 0) is 95.0 Å². The number of rotatable bonds is 16. The number of aliphatic hydroxyl groups excluding tert-OH is 2. The number of carbonyl (C=O) groups is 3. The van der Waals surface area contributed by atoms with Crippen molar-refractivity contribution in [3.8, 4) is 0 Å². The number of unbranched alkanes of at least 4 members (excludes halogenated alkanes) is 3. The molecule has 0 aromatic heterocycles. The average molecular weight is 810 g/mol. The van der Waals surface area contributed by atoms with Crippen LogP contribution in [0, 0.1) is 0 Å². The predicted molar refractivity (Wildman–Crippen MR) is 240 cm³/mol. The number of carboxylic acid groups (broad SMARTS) is 1. The fourth-order valence-electron chi connectivity index (χ4n) is 9.28. The summed E-state index contributed by atoms with van der Waals surface area (Å²) in [5.41, 5.74) is 7.89. The summed E-state index contributed by atoms with van der Waals surface area (Å²) in [6.45, 7) is 20.0. The number of carbonyl (C=O) groups excluding carboxylic acids is 2. The van der Waals surface area contributed by atoms with Crippen LogP contribution >= 0.6 is 0 Å². The number of benzene rings is 3. The zero-order chi connectivity index (χ0) is 43.3. The van der Waals surface area contributed by atoms with Crippen LogP contribution in [0.5, 0.6) is 0 Å². The Bertz CT molecular complexity index is 2500. The first-order valence-electron chi connectivity index (χ1n) is 21.7. The molecular weight excluding hydrogens is 751 g/mol. The summed E-state index contributed by atoms with van der Waals surface area (Å²) in [6, 6.07) is 18.9. The summed E-state index contributed by atoms with van der Waals surface area (Å²) in [7, 11) is 0. The zero-order valence-electron chi connectivity index (χ0n) is 36.4. The molecule has 4 aliphatic rings. The van der Waals surface area contributed by atoms with E-state index in [1.54, 1.807) is 18.2 Å². The molecule has 0 amide bonds. The van der Waals surface area contributed by atoms with Gasteiger partial charge in [-0.3, -0.25) is 9.59 Å². The highest BCUT2D eigenvalue weighted by molar-refractivity contribution is 6.41. The number of carboxylic acids is 1. The minimum absolute atomic E-state index is 0.00166. The van der Waals surface area contributed by atoms with Crippen molar-refractivity contribution in [1.82, 2.24) is 0 Å². The fourth-order valence-corrected chi connectivity index (χ4v) is 9.28. The number of Topliss-reactive ketones (excluding diaryl/α,β-unsaturated/α-hetero) is 2. The maximum atomic E-state index is 14.0. The Labute approximate surface area is 354 Å². The fraction of sp³-hybridized carbons (Fsp3) is 0.392. The molecule has 0 saturated heterocycles. The molecule has 0 radical (unpaired) electrons. The minimum atomic E-state index is -1.00. The van der Waals surface area contributed by atoms with Crippen LogP contribution in [0.25, 0.3) is 11.1 Å². The molecular formula is C51H59N3O6+2. The summed E-state index contributed by atoms with van der Waals surface area (Å²) < 4.78 is 4.29. The van der Waals surface area contributed by atoms with Crippen LogP contribution in [0.3, 0.4) is 0 Å². The highest BCUT2D eigenvalue weighted by Crippen LogP contribution is 2.47. The van der Waals surface area contributed by atoms with Gasteiger partial charge in [0.1, 0.15) is 24.6 Å². The van der Waals surface area contributed by atoms with Gasteiger partial charge in [0, 0.05) is 60.6 Å². The van der Waals surface area contributed by atoms with Crippen molar-refractivity contribution in [2.75, 3.05) is 31.1 Å². The second kappa shape index (κ2) is 16.3. The Morgan fingerprint density at radius 3 is 1.65 bits per heavy atom. The van der Waals surface area contributed by atoms with Gasteiger partial charge in [-0.15, -0.1) is 0 Å². The molecule has 9 heteroatoms. The quantitative estimate of drug-likeness (QED) is 0.0973. The monoisotopic (exact) mass is 809 g/mol. The Balaban J connectivity index is 1.19. The first kappa shape index (κ1) is 42.3. The standard InChI is InChI=1S/C51H57N3O6/c1-9-13-24-52(25-14-10-2)34-20-16-31(17-21-34)43-45(55)36(46(43)56)30-42-51(7,8)37-27-32(18-22-40(37)54(42)26-15-11-3)44-47(57)35(48(44)58)29-41-50(5,6)38-28-33(49(59)60)19-23-39(38)53(41)12-4/h16-23,27-30H,9-15,24-26H2,1-8H3,(H-2,55,56,57,58,59,60)/p+2. The SMILES string of the molecule is CCCCN(CCCC)c1ccc(C2=C(O)/C(=C\C3=[N+](CCCC)c4ccc(C5=C(O)/C(=C\C6=[N+](CC)c7ccc(C(=O)O)cc7C6(C)C)C5=O)cc4C3(C)C)C2=O)cc1. The topological polar surface area (TPSA) is 121 Å². The number of anilines is 1. The van der Waals surface area contributed by atoms with Gasteiger partial charge >= 0.3 is 5.97 Å². The summed E-state index contributed by atoms with van der Waals surface area (Å²) in [5, 5.41) is 32.6. The third-order valence-electron chi connectivity index (χ3n) is 12.9. The molecule has 2 heterocycles. The van der Waals surface area contributed by atoms with Crippen LogP contribution in [-0.2, 0) is 20.4 Å². The van der Waals surface area contributed by atoms with Crippen LogP contribution in [0.1, 0.15) is 127 Å². The molecule has 0 saturated carbocycles. The molecule has 3 N–H and O–H groups in total. The second-order valence-corrected chi connectivity index (χ2v) is 17.5. The molecule has 0 fully saturated rings. The van der Waals surface area contributed by atoms with Gasteiger partial charge in [0.25, 0.3) is 0 Å². The molecule has 2 aliphatic carbocycles. The lowest BCUT2D eigenvalue weighted by Crippen LogP contribution is -2.31. The molecule has 0 unspecified atom stereocenters. The van der Waals surface area contributed by atoms with Crippen LogP contribution in [0.4, 0.5) is 17.1 Å². The van der Waals surface area contributed by atoms with E-state index in [2.05, 4.69) is 60.8 Å². The lowest BCUT2D eigenvalue weighted by atomic mass is 9.75. The van der Waals surface area contributed by atoms with Gasteiger partial charge in [-0.2, -0.15) is 9.15 Å². The smallest absolute Gasteiger partial charge is 0.335 e. The number of ketones is 2. The van der Waals surface area contributed by atoms with Gasteiger partial charge in [-0.1, -0.05) is 52.2 Å². The Hall–Kier alpha value is -5.83. The van der Waals surface area contributed by atoms with Gasteiger partial charge in [0.15, 0.2) is 11.4 Å². The third kappa shape index (κ3) is 6.95. The highest BCUT2D eigenvalue weighted by atomic mass is 16.4. The van der Waals surface area contributed by atoms with E-state index in [1.165, 1.54) is 0 Å². The van der Waals surface area contributed by atoms with Crippen molar-refractivity contribution in [3.63, 3.8) is 0 Å². The maximum absolute atomic E-state index is 14.0. The first-order valence-corrected chi connectivity index (χ1v) is 21.7. The van der Waals surface area contributed by atoms with E-state index in [4.69, 9.17) is 0 Å². The number of nitrogens with zero attached hydrogens (tertiary/aromatic N) is 3. The van der Waals surface area contributed by atoms with Crippen LogP contribution < -0.4 is 4.90 Å². The maximum Gasteiger partial charge on any atom is 0.335 e. The highest BCUT2D eigenvalue weighted by Gasteiger charge is 2.49. The van der Waals surface area contributed by atoms with Gasteiger partial charge in [0.2, 0.25) is 22.9 Å². The van der Waals surface area contributed by atoms with Crippen molar-refractivity contribution in [1.29, 1.82) is 0 Å². The Morgan fingerprint density at radius 1 is 0.650 bits per heavy atom. The Kier molecular flexibility index (Phi) is 11.5. The average Bonchev–Trinajstić information content (AvgIpc) is 3.58. The van der Waals surface area contributed by atoms with Crippen molar-refractivity contribution in [2.45, 2.75) is 105 Å².